The van der Waals surface area contributed by atoms with Crippen LogP contribution in [0.5, 0.6) is 17.2 Å². The number of aromatic nitrogens is 1. The van der Waals surface area contributed by atoms with Crippen LogP contribution in [0.15, 0.2) is 47.7 Å². The molecule has 0 bridgehead atoms. The number of nitrogens with one attached hydrogen (secondary N) is 2. The summed E-state index contributed by atoms with van der Waals surface area (Å²) < 4.78 is 15.9. The predicted molar refractivity (Wildman–Crippen MR) is 108 cm³/mol. The van der Waals surface area contributed by atoms with Crippen LogP contribution in [0.3, 0.4) is 0 Å². The van der Waals surface area contributed by atoms with E-state index in [9.17, 15) is 4.79 Å². The molecule has 0 atom stereocenters. The van der Waals surface area contributed by atoms with Crippen LogP contribution in [0.1, 0.15) is 17.5 Å². The molecule has 0 aliphatic heterocycles. The maximum absolute atomic E-state index is 12.1. The Kier molecular flexibility index (Phi) is 6.16. The van der Waals surface area contributed by atoms with E-state index in [-0.39, 0.29) is 5.91 Å². The maximum atomic E-state index is 12.1. The number of aromatic amines is 1. The van der Waals surface area contributed by atoms with Gasteiger partial charge >= 0.3 is 0 Å². The molecule has 7 heteroatoms. The molecule has 2 aromatic carbocycles. The van der Waals surface area contributed by atoms with Gasteiger partial charge in [0, 0.05) is 29.1 Å². The van der Waals surface area contributed by atoms with Crippen LogP contribution in [-0.4, -0.2) is 38.4 Å². The molecule has 1 heterocycles. The highest BCUT2D eigenvalue weighted by Gasteiger charge is 2.12. The van der Waals surface area contributed by atoms with Crippen molar-refractivity contribution in [3.63, 3.8) is 0 Å². The monoisotopic (exact) mass is 381 g/mol. The van der Waals surface area contributed by atoms with E-state index < -0.39 is 0 Å². The van der Waals surface area contributed by atoms with Crippen LogP contribution >= 0.6 is 0 Å². The zero-order chi connectivity index (χ0) is 19.9. The number of methoxy groups -OCH3 is 3. The molecular weight excluding hydrogens is 358 g/mol. The van der Waals surface area contributed by atoms with E-state index in [1.807, 2.05) is 30.5 Å². The van der Waals surface area contributed by atoms with Gasteiger partial charge in [0.05, 0.1) is 27.5 Å². The molecule has 0 saturated heterocycles. The van der Waals surface area contributed by atoms with E-state index in [2.05, 4.69) is 15.5 Å². The summed E-state index contributed by atoms with van der Waals surface area (Å²) in [5, 5.41) is 5.16. The second-order valence-electron chi connectivity index (χ2n) is 6.11. The Morgan fingerprint density at radius 1 is 1.11 bits per heavy atom. The standard InChI is InChI=1S/C21H23N3O4/c1-26-18-10-14(11-19(27-2)21(18)28-3)12-23-24-20(25)9-8-15-13-22-17-7-5-4-6-16(15)17/h4-7,10-13,22H,8-9H2,1-3H3,(H,24,25)/b23-12-. The van der Waals surface area contributed by atoms with Gasteiger partial charge in [-0.05, 0) is 30.2 Å². The Balaban J connectivity index is 1.60. The minimum Gasteiger partial charge on any atom is -0.493 e. The lowest BCUT2D eigenvalue weighted by Crippen LogP contribution is -2.17. The number of rotatable bonds is 8. The number of ether oxygens (including phenoxy) is 3. The normalized spacial score (nSPS) is 11.0. The van der Waals surface area contributed by atoms with Gasteiger partial charge < -0.3 is 19.2 Å². The molecule has 0 spiro atoms. The lowest BCUT2D eigenvalue weighted by Gasteiger charge is -2.12. The first-order chi connectivity index (χ1) is 13.7. The summed E-state index contributed by atoms with van der Waals surface area (Å²) in [6.45, 7) is 0. The van der Waals surface area contributed by atoms with Crippen molar-refractivity contribution in [1.82, 2.24) is 10.4 Å². The number of fused-ring (bicyclic) bond motifs is 1. The summed E-state index contributed by atoms with van der Waals surface area (Å²) in [5.74, 6) is 1.39. The molecule has 0 fully saturated rings. The van der Waals surface area contributed by atoms with Crippen LogP contribution in [0, 0.1) is 0 Å². The third-order valence-electron chi connectivity index (χ3n) is 4.39. The molecule has 0 radical (unpaired) electrons. The van der Waals surface area contributed by atoms with Crippen LogP contribution < -0.4 is 19.6 Å². The van der Waals surface area contributed by atoms with Gasteiger partial charge in [0.1, 0.15) is 0 Å². The van der Waals surface area contributed by atoms with Gasteiger partial charge in [-0.3, -0.25) is 4.79 Å². The molecule has 7 nitrogen and oxygen atoms in total. The lowest BCUT2D eigenvalue weighted by molar-refractivity contribution is -0.121. The third-order valence-corrected chi connectivity index (χ3v) is 4.39. The molecule has 1 aromatic heterocycles. The van der Waals surface area contributed by atoms with Gasteiger partial charge in [-0.2, -0.15) is 5.10 Å². The first kappa shape index (κ1) is 19.3. The van der Waals surface area contributed by atoms with Crippen molar-refractivity contribution in [3.8, 4) is 17.2 Å². The van der Waals surface area contributed by atoms with Gasteiger partial charge in [0.25, 0.3) is 0 Å². The fraction of sp³-hybridized carbons (Fsp3) is 0.238. The molecule has 0 saturated carbocycles. The fourth-order valence-corrected chi connectivity index (χ4v) is 3.00. The van der Waals surface area contributed by atoms with Crippen molar-refractivity contribution >= 4 is 23.0 Å². The highest BCUT2D eigenvalue weighted by molar-refractivity contribution is 5.86. The van der Waals surface area contributed by atoms with E-state index in [4.69, 9.17) is 14.2 Å². The van der Waals surface area contributed by atoms with Gasteiger partial charge in [-0.15, -0.1) is 0 Å². The summed E-state index contributed by atoms with van der Waals surface area (Å²) in [5.41, 5.74) is 5.45. The van der Waals surface area contributed by atoms with E-state index >= 15 is 0 Å². The van der Waals surface area contributed by atoms with E-state index in [0.29, 0.717) is 35.7 Å². The number of amides is 1. The number of hydrogen-bond acceptors (Lipinski definition) is 5. The number of H-pyrrole nitrogens is 1. The molecule has 0 aliphatic rings. The van der Waals surface area contributed by atoms with Crippen LogP contribution in [-0.2, 0) is 11.2 Å². The first-order valence-corrected chi connectivity index (χ1v) is 8.83. The summed E-state index contributed by atoms with van der Waals surface area (Å²) in [7, 11) is 4.64. The number of hydrogen-bond donors (Lipinski definition) is 2. The number of nitrogens with zero attached hydrogens (tertiary/aromatic N) is 1. The number of para-hydroxylation sites is 1. The molecule has 3 aromatic rings. The van der Waals surface area contributed by atoms with Gasteiger partial charge in [0.2, 0.25) is 11.7 Å². The topological polar surface area (TPSA) is 84.9 Å². The van der Waals surface area contributed by atoms with Crippen molar-refractivity contribution in [2.45, 2.75) is 12.8 Å². The second kappa shape index (κ2) is 8.94. The molecule has 0 aliphatic carbocycles. The van der Waals surface area contributed by atoms with E-state index in [0.717, 1.165) is 16.5 Å². The van der Waals surface area contributed by atoms with Crippen molar-refractivity contribution in [3.05, 3.63) is 53.7 Å². The molecule has 2 N–H and O–H groups in total. The third kappa shape index (κ3) is 4.25. The summed E-state index contributed by atoms with van der Waals surface area (Å²) >= 11 is 0. The fourth-order valence-electron chi connectivity index (χ4n) is 3.00. The molecule has 28 heavy (non-hydrogen) atoms. The van der Waals surface area contributed by atoms with Gasteiger partial charge in [-0.25, -0.2) is 5.43 Å². The molecule has 3 rings (SSSR count). The molecule has 0 unspecified atom stereocenters. The summed E-state index contributed by atoms with van der Waals surface area (Å²) in [6.07, 6.45) is 4.45. The predicted octanol–water partition coefficient (Wildman–Crippen LogP) is 3.28. The molecule has 1 amide bonds. The van der Waals surface area contributed by atoms with Gasteiger partial charge in [-0.1, -0.05) is 18.2 Å². The zero-order valence-corrected chi connectivity index (χ0v) is 16.1. The molecule has 146 valence electrons. The lowest BCUT2D eigenvalue weighted by atomic mass is 10.1. The quantitative estimate of drug-likeness (QED) is 0.463. The van der Waals surface area contributed by atoms with Crippen LogP contribution in [0.25, 0.3) is 10.9 Å². The van der Waals surface area contributed by atoms with E-state index in [1.165, 1.54) is 6.21 Å². The zero-order valence-electron chi connectivity index (χ0n) is 16.1. The summed E-state index contributed by atoms with van der Waals surface area (Å²) in [6, 6.07) is 11.5. The SMILES string of the molecule is COc1cc(/C=N\NC(=O)CCc2c[nH]c3ccccc23)cc(OC)c1OC. The highest BCUT2D eigenvalue weighted by atomic mass is 16.5. The van der Waals surface area contributed by atoms with Crippen molar-refractivity contribution < 1.29 is 19.0 Å². The van der Waals surface area contributed by atoms with Crippen molar-refractivity contribution in [1.29, 1.82) is 0 Å². The number of benzene rings is 2. The Hall–Kier alpha value is -3.48. The largest absolute Gasteiger partial charge is 0.493 e. The second-order valence-corrected chi connectivity index (χ2v) is 6.11. The smallest absolute Gasteiger partial charge is 0.240 e. The van der Waals surface area contributed by atoms with E-state index in [1.54, 1.807) is 33.5 Å². The first-order valence-electron chi connectivity index (χ1n) is 8.83. The number of carbonyl (C=O) groups is 1. The average molecular weight is 381 g/mol. The van der Waals surface area contributed by atoms with Crippen molar-refractivity contribution in [2.24, 2.45) is 5.10 Å². The van der Waals surface area contributed by atoms with Crippen molar-refractivity contribution in [2.75, 3.05) is 21.3 Å². The summed E-state index contributed by atoms with van der Waals surface area (Å²) in [4.78, 5) is 15.3. The van der Waals surface area contributed by atoms with Gasteiger partial charge in [0.15, 0.2) is 11.5 Å². The Morgan fingerprint density at radius 3 is 2.50 bits per heavy atom. The minimum absolute atomic E-state index is 0.158. The number of aryl methyl sites for hydroxylation is 1. The number of carbonyl (C=O) groups excluding carboxylic acids is 1. The Labute approximate surface area is 163 Å². The average Bonchev–Trinajstić information content (AvgIpc) is 3.14. The Bertz CT molecular complexity index is 969. The maximum Gasteiger partial charge on any atom is 0.240 e. The van der Waals surface area contributed by atoms with Crippen LogP contribution in [0.2, 0.25) is 0 Å². The van der Waals surface area contributed by atoms with Crippen LogP contribution in [0.4, 0.5) is 0 Å². The molecular formula is C21H23N3O4. The Morgan fingerprint density at radius 2 is 1.82 bits per heavy atom. The minimum atomic E-state index is -0.158. The number of hydrazone groups is 1. The highest BCUT2D eigenvalue weighted by Crippen LogP contribution is 2.37.